The van der Waals surface area contributed by atoms with Crippen LogP contribution >= 0.6 is 0 Å². The second-order valence-electron chi connectivity index (χ2n) is 11.5. The second kappa shape index (κ2) is 5.84. The topological polar surface area (TPSA) is 18.5 Å². The molecule has 1 unspecified atom stereocenters. The molecular formula is C34H21BO2. The van der Waals surface area contributed by atoms with E-state index in [0.717, 1.165) is 23.0 Å². The first-order valence-electron chi connectivity index (χ1n) is 13.2. The summed E-state index contributed by atoms with van der Waals surface area (Å²) in [7, 11) is 0. The van der Waals surface area contributed by atoms with Crippen molar-refractivity contribution in [3.63, 3.8) is 0 Å². The molecule has 1 atom stereocenters. The third-order valence-corrected chi connectivity index (χ3v) is 9.59. The molecule has 0 saturated heterocycles. The molecule has 5 aromatic carbocycles. The van der Waals surface area contributed by atoms with E-state index in [1.54, 1.807) is 0 Å². The molecule has 0 N–H and O–H groups in total. The molecule has 3 heterocycles. The third kappa shape index (κ3) is 1.90. The van der Waals surface area contributed by atoms with E-state index in [0.29, 0.717) is 0 Å². The van der Waals surface area contributed by atoms with Crippen molar-refractivity contribution in [3.05, 3.63) is 113 Å². The van der Waals surface area contributed by atoms with Gasteiger partial charge in [-0.1, -0.05) is 80.6 Å². The van der Waals surface area contributed by atoms with Crippen LogP contribution in [0.2, 0.25) is 0 Å². The summed E-state index contributed by atoms with van der Waals surface area (Å²) in [6.45, 7) is 4.90. The molecule has 0 fully saturated rings. The van der Waals surface area contributed by atoms with E-state index < -0.39 is 0 Å². The monoisotopic (exact) mass is 472 g/mol. The van der Waals surface area contributed by atoms with Crippen LogP contribution in [-0.4, -0.2) is 6.71 Å². The highest BCUT2D eigenvalue weighted by atomic mass is 16.5. The summed E-state index contributed by atoms with van der Waals surface area (Å²) in [5, 5.41) is 0. The van der Waals surface area contributed by atoms with Crippen LogP contribution in [0.3, 0.4) is 0 Å². The summed E-state index contributed by atoms with van der Waals surface area (Å²) in [6.07, 6.45) is 0. The van der Waals surface area contributed by atoms with E-state index in [-0.39, 0.29) is 18.0 Å². The van der Waals surface area contributed by atoms with Gasteiger partial charge in [0.1, 0.15) is 23.0 Å². The Hall–Kier alpha value is -4.24. The van der Waals surface area contributed by atoms with Crippen LogP contribution in [0.1, 0.15) is 47.6 Å². The van der Waals surface area contributed by atoms with Crippen LogP contribution in [0.5, 0.6) is 23.0 Å². The summed E-state index contributed by atoms with van der Waals surface area (Å²) < 4.78 is 13.5. The van der Waals surface area contributed by atoms with Gasteiger partial charge < -0.3 is 9.47 Å². The highest BCUT2D eigenvalue weighted by Crippen LogP contribution is 2.63. The average molecular weight is 472 g/mol. The Bertz CT molecular complexity index is 1930. The van der Waals surface area contributed by atoms with Crippen LogP contribution in [0, 0.1) is 0 Å². The maximum Gasteiger partial charge on any atom is 0.261 e. The van der Waals surface area contributed by atoms with Crippen molar-refractivity contribution in [1.82, 2.24) is 0 Å². The van der Waals surface area contributed by atoms with Gasteiger partial charge in [0, 0.05) is 22.4 Å². The van der Waals surface area contributed by atoms with Crippen LogP contribution < -0.4 is 25.9 Å². The Labute approximate surface area is 215 Å². The summed E-state index contributed by atoms with van der Waals surface area (Å²) >= 11 is 0. The first kappa shape index (κ1) is 19.0. The molecule has 0 aromatic heterocycles. The first-order chi connectivity index (χ1) is 18.1. The highest BCUT2D eigenvalue weighted by Gasteiger charge is 2.54. The Morgan fingerprint density at radius 1 is 0.622 bits per heavy atom. The van der Waals surface area contributed by atoms with Crippen LogP contribution in [-0.2, 0) is 5.41 Å². The maximum absolute atomic E-state index is 6.99. The van der Waals surface area contributed by atoms with Crippen LogP contribution in [0.4, 0.5) is 0 Å². The third-order valence-electron chi connectivity index (χ3n) is 9.59. The minimum absolute atomic E-state index is 0.110. The molecule has 3 aliphatic heterocycles. The fourth-order valence-electron chi connectivity index (χ4n) is 8.32. The van der Waals surface area contributed by atoms with Gasteiger partial charge in [-0.05, 0) is 73.6 Å². The molecule has 10 rings (SSSR count). The van der Waals surface area contributed by atoms with Gasteiger partial charge in [-0.25, -0.2) is 0 Å². The highest BCUT2D eigenvalue weighted by molar-refractivity contribution is 6.99. The lowest BCUT2D eigenvalue weighted by atomic mass is 9.29. The van der Waals surface area contributed by atoms with E-state index in [2.05, 4.69) is 98.8 Å². The lowest BCUT2D eigenvalue weighted by Gasteiger charge is -2.45. The van der Waals surface area contributed by atoms with Crippen molar-refractivity contribution in [2.75, 3.05) is 0 Å². The van der Waals surface area contributed by atoms with E-state index in [4.69, 9.17) is 9.47 Å². The zero-order valence-electron chi connectivity index (χ0n) is 20.6. The minimum atomic E-state index is -0.205. The molecular weight excluding hydrogens is 451 g/mol. The van der Waals surface area contributed by atoms with Crippen molar-refractivity contribution in [2.24, 2.45) is 0 Å². The Kier molecular flexibility index (Phi) is 2.99. The fraction of sp³-hybridized carbons (Fsp3) is 0.118. The fourth-order valence-corrected chi connectivity index (χ4v) is 8.32. The van der Waals surface area contributed by atoms with E-state index >= 15 is 0 Å². The Morgan fingerprint density at radius 3 is 2.00 bits per heavy atom. The average Bonchev–Trinajstić information content (AvgIpc) is 3.43. The zero-order valence-corrected chi connectivity index (χ0v) is 20.6. The predicted molar refractivity (Wildman–Crippen MR) is 148 cm³/mol. The van der Waals surface area contributed by atoms with Gasteiger partial charge in [-0.15, -0.1) is 0 Å². The molecule has 2 aliphatic carbocycles. The Morgan fingerprint density at radius 2 is 1.24 bits per heavy atom. The lowest BCUT2D eigenvalue weighted by Crippen LogP contribution is -2.64. The van der Waals surface area contributed by atoms with Gasteiger partial charge in [-0.3, -0.25) is 0 Å². The molecule has 0 saturated carbocycles. The quantitative estimate of drug-likeness (QED) is 0.245. The van der Waals surface area contributed by atoms with Gasteiger partial charge in [0.2, 0.25) is 0 Å². The van der Waals surface area contributed by atoms with E-state index in [9.17, 15) is 0 Å². The maximum atomic E-state index is 6.99. The molecule has 5 aliphatic rings. The second-order valence-corrected chi connectivity index (χ2v) is 11.5. The van der Waals surface area contributed by atoms with E-state index in [1.165, 1.54) is 66.5 Å². The number of rotatable bonds is 0. The summed E-state index contributed by atoms with van der Waals surface area (Å²) in [6, 6.07) is 30.9. The number of benzene rings is 5. The van der Waals surface area contributed by atoms with Gasteiger partial charge >= 0.3 is 0 Å². The number of hydrogen-bond donors (Lipinski definition) is 0. The van der Waals surface area contributed by atoms with Gasteiger partial charge in [0.05, 0.1) is 0 Å². The van der Waals surface area contributed by atoms with Gasteiger partial charge in [-0.2, -0.15) is 0 Å². The molecule has 0 spiro atoms. The van der Waals surface area contributed by atoms with Crippen LogP contribution in [0.15, 0.2) is 84.9 Å². The standard InChI is InChI=1S/C34H21BO2/c1-34(2)21-13-7-14-22-30(21)35-31-23(36-22)15-8-16-24(31)37-33-27-20-12-6-4-10-18(20)25-17-9-3-5-11-19(17)26(28(25)27)29(34)32(33)35/h3-16,25H,1-2H3. The molecule has 2 nitrogen and oxygen atoms in total. The smallest absolute Gasteiger partial charge is 0.261 e. The first-order valence-corrected chi connectivity index (χ1v) is 13.2. The van der Waals surface area contributed by atoms with E-state index in [1.807, 2.05) is 0 Å². The molecule has 0 amide bonds. The van der Waals surface area contributed by atoms with Gasteiger partial charge in [0.25, 0.3) is 6.71 Å². The van der Waals surface area contributed by atoms with Crippen molar-refractivity contribution in [3.8, 4) is 45.3 Å². The van der Waals surface area contributed by atoms with Gasteiger partial charge in [0.15, 0.2) is 0 Å². The molecule has 172 valence electrons. The zero-order chi connectivity index (χ0) is 24.2. The molecule has 3 heteroatoms. The lowest BCUT2D eigenvalue weighted by molar-refractivity contribution is 0.460. The SMILES string of the molecule is CC1(C)c2cccc3c2B2c4c(cccc4Oc4c2c1c1c2c4-c4ccccc4C2c2ccccc2-1)O3. The van der Waals surface area contributed by atoms with Crippen molar-refractivity contribution in [2.45, 2.75) is 25.2 Å². The number of fused-ring (bicyclic) bond motifs is 8. The van der Waals surface area contributed by atoms with Crippen LogP contribution in [0.25, 0.3) is 22.3 Å². The number of hydrogen-bond acceptors (Lipinski definition) is 2. The molecule has 37 heavy (non-hydrogen) atoms. The number of ether oxygens (including phenoxy) is 2. The summed E-state index contributed by atoms with van der Waals surface area (Å²) in [5.41, 5.74) is 16.1. The summed E-state index contributed by atoms with van der Waals surface area (Å²) in [4.78, 5) is 0. The summed E-state index contributed by atoms with van der Waals surface area (Å²) in [5.74, 6) is 4.14. The van der Waals surface area contributed by atoms with Crippen molar-refractivity contribution < 1.29 is 9.47 Å². The minimum Gasteiger partial charge on any atom is -0.458 e. The molecule has 0 radical (unpaired) electrons. The Balaban J connectivity index is 1.47. The predicted octanol–water partition coefficient (Wildman–Crippen LogP) is 6.19. The largest absolute Gasteiger partial charge is 0.458 e. The van der Waals surface area contributed by atoms with Crippen molar-refractivity contribution >= 4 is 23.1 Å². The normalized spacial score (nSPS) is 18.3. The molecule has 5 aromatic rings. The van der Waals surface area contributed by atoms with Crippen molar-refractivity contribution in [1.29, 1.82) is 0 Å². The molecule has 0 bridgehead atoms.